The van der Waals surface area contributed by atoms with Gasteiger partial charge in [0.25, 0.3) is 5.91 Å². The Kier molecular flexibility index (Phi) is 6.20. The largest absolute Gasteiger partial charge is 0.490 e. The van der Waals surface area contributed by atoms with Gasteiger partial charge in [-0.3, -0.25) is 10.2 Å². The first-order chi connectivity index (χ1) is 16.6. The van der Waals surface area contributed by atoms with E-state index in [1.54, 1.807) is 48.5 Å². The number of hydrogen-bond donors (Lipinski definition) is 1. The van der Waals surface area contributed by atoms with Gasteiger partial charge in [0, 0.05) is 0 Å². The fourth-order valence-corrected chi connectivity index (χ4v) is 4.28. The Morgan fingerprint density at radius 1 is 1.09 bits per heavy atom. The summed E-state index contributed by atoms with van der Waals surface area (Å²) in [7, 11) is 0. The minimum absolute atomic E-state index is 0.0523. The molecule has 10 heteroatoms. The Labute approximate surface area is 204 Å². The lowest BCUT2D eigenvalue weighted by Gasteiger charge is -2.20. The first-order valence-corrected chi connectivity index (χ1v) is 11.4. The molecule has 3 aromatic rings. The van der Waals surface area contributed by atoms with Crippen molar-refractivity contribution in [1.82, 2.24) is 5.01 Å². The summed E-state index contributed by atoms with van der Waals surface area (Å²) in [6, 6.07) is 17.9. The van der Waals surface area contributed by atoms with E-state index in [4.69, 9.17) is 30.9 Å². The third-order valence-corrected chi connectivity index (χ3v) is 6.04. The van der Waals surface area contributed by atoms with Crippen LogP contribution in [-0.2, 0) is 4.79 Å². The SMILES string of the molecule is N=C1/C(=C/c2cccc(OCCOc3ccccc3Cl)c2)C(=O)N=C2SC(c3ccco3)=NN12. The lowest BCUT2D eigenvalue weighted by Crippen LogP contribution is -2.35. The normalized spacial score (nSPS) is 16.4. The van der Waals surface area contributed by atoms with Gasteiger partial charge in [-0.25, -0.2) is 0 Å². The highest BCUT2D eigenvalue weighted by Crippen LogP contribution is 2.31. The van der Waals surface area contributed by atoms with Crippen molar-refractivity contribution < 1.29 is 18.7 Å². The van der Waals surface area contributed by atoms with E-state index in [0.717, 1.165) is 0 Å². The molecule has 0 fully saturated rings. The average molecular weight is 493 g/mol. The van der Waals surface area contributed by atoms with Crippen LogP contribution in [-0.4, -0.2) is 40.2 Å². The number of thioether (sulfide) groups is 1. The number of aliphatic imine (C=N–C) groups is 1. The summed E-state index contributed by atoms with van der Waals surface area (Å²) < 4.78 is 16.8. The van der Waals surface area contributed by atoms with E-state index in [2.05, 4.69) is 10.1 Å². The van der Waals surface area contributed by atoms with Gasteiger partial charge in [0.2, 0.25) is 5.17 Å². The third-order valence-electron chi connectivity index (χ3n) is 4.80. The van der Waals surface area contributed by atoms with Crippen molar-refractivity contribution in [3.05, 3.63) is 88.8 Å². The Morgan fingerprint density at radius 3 is 2.76 bits per heavy atom. The minimum Gasteiger partial charge on any atom is -0.490 e. The van der Waals surface area contributed by atoms with Crippen molar-refractivity contribution in [1.29, 1.82) is 5.41 Å². The number of amides is 1. The minimum atomic E-state index is -0.501. The van der Waals surface area contributed by atoms with Gasteiger partial charge in [-0.15, -0.1) is 0 Å². The van der Waals surface area contributed by atoms with Gasteiger partial charge < -0.3 is 13.9 Å². The first-order valence-electron chi connectivity index (χ1n) is 10.2. The highest BCUT2D eigenvalue weighted by Gasteiger charge is 2.36. The fraction of sp³-hybridized carbons (Fsp3) is 0.0833. The number of hydrogen-bond acceptors (Lipinski definition) is 7. The Hall–Kier alpha value is -3.82. The van der Waals surface area contributed by atoms with Gasteiger partial charge in [0.1, 0.15) is 24.7 Å². The smallest absolute Gasteiger partial charge is 0.283 e. The number of hydrazone groups is 1. The van der Waals surface area contributed by atoms with Crippen molar-refractivity contribution in [3.63, 3.8) is 0 Å². The second kappa shape index (κ2) is 9.58. The molecule has 2 aliphatic rings. The highest BCUT2D eigenvalue weighted by atomic mass is 35.5. The van der Waals surface area contributed by atoms with E-state index in [9.17, 15) is 4.79 Å². The van der Waals surface area contributed by atoms with Gasteiger partial charge in [-0.1, -0.05) is 35.9 Å². The predicted molar refractivity (Wildman–Crippen MR) is 132 cm³/mol. The second-order valence-corrected chi connectivity index (χ2v) is 8.47. The van der Waals surface area contributed by atoms with Crippen LogP contribution in [0, 0.1) is 5.41 Å². The number of ether oxygens (including phenoxy) is 2. The molecule has 0 spiro atoms. The number of halogens is 1. The maximum Gasteiger partial charge on any atom is 0.283 e. The van der Waals surface area contributed by atoms with Crippen molar-refractivity contribution >= 4 is 51.4 Å². The fourth-order valence-electron chi connectivity index (χ4n) is 3.23. The van der Waals surface area contributed by atoms with Gasteiger partial charge in [0.15, 0.2) is 16.6 Å². The number of carbonyl (C=O) groups excluding carboxylic acids is 1. The van der Waals surface area contributed by atoms with Crippen LogP contribution in [0.2, 0.25) is 5.02 Å². The van der Waals surface area contributed by atoms with Crippen LogP contribution < -0.4 is 9.47 Å². The number of benzene rings is 2. The predicted octanol–water partition coefficient (Wildman–Crippen LogP) is 5.06. The summed E-state index contributed by atoms with van der Waals surface area (Å²) in [4.78, 5) is 16.7. The number of rotatable bonds is 7. The number of carbonyl (C=O) groups is 1. The van der Waals surface area contributed by atoms with Gasteiger partial charge in [-0.05, 0) is 59.8 Å². The number of nitrogens with one attached hydrogen (secondary N) is 1. The number of para-hydroxylation sites is 1. The van der Waals surface area contributed by atoms with E-state index in [0.29, 0.717) is 51.3 Å². The number of nitrogens with zero attached hydrogens (tertiary/aromatic N) is 3. The highest BCUT2D eigenvalue weighted by molar-refractivity contribution is 8.27. The molecule has 0 radical (unpaired) electrons. The quantitative estimate of drug-likeness (QED) is 0.365. The zero-order chi connectivity index (χ0) is 23.5. The van der Waals surface area contributed by atoms with Crippen molar-refractivity contribution in [2.24, 2.45) is 10.1 Å². The Balaban J connectivity index is 1.26. The average Bonchev–Trinajstić information content (AvgIpc) is 3.51. The molecule has 5 rings (SSSR count). The van der Waals surface area contributed by atoms with E-state index in [1.165, 1.54) is 23.0 Å². The third kappa shape index (κ3) is 4.61. The molecule has 1 amide bonds. The molecule has 0 bridgehead atoms. The molecule has 0 unspecified atom stereocenters. The standard InChI is InChI=1S/C24H17ClN4O4S/c25-18-7-1-2-8-19(18)33-12-11-31-16-6-3-5-15(13-16)14-17-21(26)29-24(27-22(17)30)34-23(28-29)20-9-4-10-32-20/h1-10,13-14,26H,11-12H2/b17-14-,26-21?. The number of fused-ring (bicyclic) bond motifs is 1. The van der Waals surface area contributed by atoms with Crippen molar-refractivity contribution in [2.75, 3.05) is 13.2 Å². The zero-order valence-corrected chi connectivity index (χ0v) is 19.2. The summed E-state index contributed by atoms with van der Waals surface area (Å²) >= 11 is 7.27. The lowest BCUT2D eigenvalue weighted by atomic mass is 10.1. The Bertz CT molecular complexity index is 1350. The molecule has 34 heavy (non-hydrogen) atoms. The van der Waals surface area contributed by atoms with Crippen LogP contribution in [0.3, 0.4) is 0 Å². The maximum absolute atomic E-state index is 12.6. The lowest BCUT2D eigenvalue weighted by molar-refractivity contribution is -0.114. The van der Waals surface area contributed by atoms with Gasteiger partial charge in [-0.2, -0.15) is 15.1 Å². The van der Waals surface area contributed by atoms with Crippen LogP contribution in [0.15, 0.2) is 87.0 Å². The molecular formula is C24H17ClN4O4S. The monoisotopic (exact) mass is 492 g/mol. The molecule has 0 saturated carbocycles. The molecule has 3 heterocycles. The van der Waals surface area contributed by atoms with E-state index >= 15 is 0 Å². The number of amidine groups is 2. The van der Waals surface area contributed by atoms with E-state index < -0.39 is 5.91 Å². The molecular weight excluding hydrogens is 476 g/mol. The summed E-state index contributed by atoms with van der Waals surface area (Å²) in [5.74, 6) is 1.20. The Morgan fingerprint density at radius 2 is 1.94 bits per heavy atom. The molecule has 8 nitrogen and oxygen atoms in total. The molecule has 0 aliphatic carbocycles. The number of furan rings is 1. The van der Waals surface area contributed by atoms with Crippen molar-refractivity contribution in [3.8, 4) is 11.5 Å². The van der Waals surface area contributed by atoms with E-state index in [-0.39, 0.29) is 11.4 Å². The van der Waals surface area contributed by atoms with Gasteiger partial charge >= 0.3 is 0 Å². The molecule has 0 saturated heterocycles. The first kappa shape index (κ1) is 22.0. The summed E-state index contributed by atoms with van der Waals surface area (Å²) in [6.07, 6.45) is 3.14. The summed E-state index contributed by atoms with van der Waals surface area (Å²) in [6.45, 7) is 0.626. The maximum atomic E-state index is 12.6. The van der Waals surface area contributed by atoms with Crippen LogP contribution in [0.1, 0.15) is 11.3 Å². The van der Waals surface area contributed by atoms with Crippen LogP contribution >= 0.6 is 23.4 Å². The van der Waals surface area contributed by atoms with Crippen LogP contribution in [0.25, 0.3) is 6.08 Å². The second-order valence-electron chi connectivity index (χ2n) is 7.10. The van der Waals surface area contributed by atoms with Crippen LogP contribution in [0.4, 0.5) is 0 Å². The molecule has 170 valence electrons. The van der Waals surface area contributed by atoms with E-state index in [1.807, 2.05) is 18.2 Å². The molecule has 1 aromatic heterocycles. The molecule has 1 N–H and O–H groups in total. The molecule has 2 aromatic carbocycles. The van der Waals surface area contributed by atoms with Gasteiger partial charge in [0.05, 0.1) is 16.9 Å². The van der Waals surface area contributed by atoms with Crippen molar-refractivity contribution in [2.45, 2.75) is 0 Å². The zero-order valence-electron chi connectivity index (χ0n) is 17.6. The summed E-state index contributed by atoms with van der Waals surface area (Å²) in [5, 5.41) is 15.6. The molecule has 0 atom stereocenters. The molecule has 2 aliphatic heterocycles. The van der Waals surface area contributed by atoms with Crippen LogP contribution in [0.5, 0.6) is 11.5 Å². The summed E-state index contributed by atoms with van der Waals surface area (Å²) in [5.41, 5.74) is 0.825. The topological polar surface area (TPSA) is 100 Å².